The second-order valence-corrected chi connectivity index (χ2v) is 8.24. The Labute approximate surface area is 191 Å². The van der Waals surface area contributed by atoms with Gasteiger partial charge in [0.05, 0.1) is 11.7 Å². The highest BCUT2D eigenvalue weighted by atomic mass is 35.5. The first-order chi connectivity index (χ1) is 15.1. The van der Waals surface area contributed by atoms with Crippen molar-refractivity contribution in [1.29, 1.82) is 0 Å². The Kier molecular flexibility index (Phi) is 6.07. The van der Waals surface area contributed by atoms with Gasteiger partial charge >= 0.3 is 6.18 Å². The third-order valence-electron chi connectivity index (χ3n) is 5.28. The SMILES string of the molecule is Oc1ccccc1-n1ncc2cc(CC(c3ccc(Cl)cc3Cl)C(O)C(F)(F)F)ccc21. The van der Waals surface area contributed by atoms with E-state index in [1.165, 1.54) is 24.3 Å². The maximum absolute atomic E-state index is 13.4. The molecule has 0 saturated heterocycles. The van der Waals surface area contributed by atoms with Crippen molar-refractivity contribution < 1.29 is 23.4 Å². The Bertz CT molecular complexity index is 1270. The zero-order valence-electron chi connectivity index (χ0n) is 16.4. The maximum atomic E-state index is 13.4. The molecule has 166 valence electrons. The molecule has 9 heteroatoms. The monoisotopic (exact) mass is 480 g/mol. The number of aliphatic hydroxyl groups excluding tert-OH is 1. The summed E-state index contributed by atoms with van der Waals surface area (Å²) >= 11 is 12.1. The highest BCUT2D eigenvalue weighted by Gasteiger charge is 2.44. The topological polar surface area (TPSA) is 58.3 Å². The van der Waals surface area contributed by atoms with E-state index in [0.717, 1.165) is 0 Å². The molecule has 4 aromatic rings. The number of aliphatic hydroxyl groups is 1. The van der Waals surface area contributed by atoms with Crippen LogP contribution in [0.3, 0.4) is 0 Å². The highest BCUT2D eigenvalue weighted by molar-refractivity contribution is 6.35. The zero-order valence-corrected chi connectivity index (χ0v) is 17.9. The van der Waals surface area contributed by atoms with E-state index in [1.54, 1.807) is 47.3 Å². The van der Waals surface area contributed by atoms with Crippen LogP contribution in [0.4, 0.5) is 13.2 Å². The molecule has 1 aromatic heterocycles. The van der Waals surface area contributed by atoms with Crippen molar-refractivity contribution >= 4 is 34.1 Å². The van der Waals surface area contributed by atoms with Gasteiger partial charge in [-0.2, -0.15) is 18.3 Å². The number of hydrogen-bond acceptors (Lipinski definition) is 3. The third kappa shape index (κ3) is 4.41. The molecule has 2 N–H and O–H groups in total. The Morgan fingerprint density at radius 2 is 1.75 bits per heavy atom. The lowest BCUT2D eigenvalue weighted by Gasteiger charge is -2.26. The van der Waals surface area contributed by atoms with Gasteiger partial charge in [-0.05, 0) is 53.9 Å². The quantitative estimate of drug-likeness (QED) is 0.353. The van der Waals surface area contributed by atoms with Crippen LogP contribution < -0.4 is 0 Å². The van der Waals surface area contributed by atoms with Crippen molar-refractivity contribution in [3.63, 3.8) is 0 Å². The molecule has 3 aromatic carbocycles. The van der Waals surface area contributed by atoms with Crippen molar-refractivity contribution in [2.45, 2.75) is 24.6 Å². The van der Waals surface area contributed by atoms with Gasteiger partial charge in [0.2, 0.25) is 0 Å². The van der Waals surface area contributed by atoms with Gasteiger partial charge in [-0.15, -0.1) is 0 Å². The summed E-state index contributed by atoms with van der Waals surface area (Å²) in [6, 6.07) is 16.0. The van der Waals surface area contributed by atoms with Gasteiger partial charge in [0.25, 0.3) is 0 Å². The summed E-state index contributed by atoms with van der Waals surface area (Å²) in [6.45, 7) is 0. The number of hydrogen-bond donors (Lipinski definition) is 2. The molecular formula is C23H17Cl2F3N2O2. The summed E-state index contributed by atoms with van der Waals surface area (Å²) in [5, 5.41) is 25.5. The zero-order chi connectivity index (χ0) is 23.0. The first kappa shape index (κ1) is 22.5. The van der Waals surface area contributed by atoms with Crippen LogP contribution in [0.2, 0.25) is 10.0 Å². The molecule has 0 bridgehead atoms. The summed E-state index contributed by atoms with van der Waals surface area (Å²) in [6.07, 6.45) is -5.98. The fourth-order valence-corrected chi connectivity index (χ4v) is 4.27. The number of phenols is 1. The average molecular weight is 481 g/mol. The van der Waals surface area contributed by atoms with E-state index in [4.69, 9.17) is 23.2 Å². The standard InChI is InChI=1S/C23H17Cl2F3N2O2/c24-15-6-7-16(18(25)11-15)17(22(32)23(26,27)28)10-13-5-8-19-14(9-13)12-29-30(19)20-3-1-2-4-21(20)31/h1-9,11-12,17,22,31-32H,10H2. The van der Waals surface area contributed by atoms with Crippen molar-refractivity contribution in [2.24, 2.45) is 0 Å². The number of nitrogens with zero attached hydrogens (tertiary/aromatic N) is 2. The minimum Gasteiger partial charge on any atom is -0.506 e. The third-order valence-corrected chi connectivity index (χ3v) is 5.84. The van der Waals surface area contributed by atoms with Crippen LogP contribution >= 0.6 is 23.2 Å². The molecule has 32 heavy (non-hydrogen) atoms. The van der Waals surface area contributed by atoms with Crippen LogP contribution in [0.15, 0.2) is 66.9 Å². The molecule has 0 fully saturated rings. The van der Waals surface area contributed by atoms with Crippen LogP contribution in [0.5, 0.6) is 5.75 Å². The van der Waals surface area contributed by atoms with Gasteiger partial charge in [0.15, 0.2) is 6.10 Å². The lowest BCUT2D eigenvalue weighted by Crippen LogP contribution is -2.35. The van der Waals surface area contributed by atoms with E-state index in [0.29, 0.717) is 22.2 Å². The van der Waals surface area contributed by atoms with Crippen LogP contribution in [0.25, 0.3) is 16.6 Å². The van der Waals surface area contributed by atoms with Crippen LogP contribution in [0, 0.1) is 0 Å². The fourth-order valence-electron chi connectivity index (χ4n) is 3.72. The largest absolute Gasteiger partial charge is 0.506 e. The molecule has 4 rings (SSSR count). The Balaban J connectivity index is 1.72. The molecule has 0 amide bonds. The lowest BCUT2D eigenvalue weighted by molar-refractivity contribution is -0.210. The lowest BCUT2D eigenvalue weighted by atomic mass is 9.86. The minimum absolute atomic E-state index is 0.0484. The normalized spacial score (nSPS) is 13.9. The second kappa shape index (κ2) is 8.65. The van der Waals surface area contributed by atoms with E-state index in [9.17, 15) is 23.4 Å². The number of fused-ring (bicyclic) bond motifs is 1. The number of alkyl halides is 3. The molecule has 0 spiro atoms. The van der Waals surface area contributed by atoms with E-state index in [-0.39, 0.29) is 27.8 Å². The second-order valence-electron chi connectivity index (χ2n) is 7.40. The molecule has 0 aliphatic heterocycles. The van der Waals surface area contributed by atoms with Gasteiger partial charge in [-0.3, -0.25) is 0 Å². The Morgan fingerprint density at radius 1 is 1.00 bits per heavy atom. The molecule has 0 radical (unpaired) electrons. The van der Waals surface area contributed by atoms with Crippen molar-refractivity contribution in [2.75, 3.05) is 0 Å². The van der Waals surface area contributed by atoms with Crippen LogP contribution in [-0.4, -0.2) is 32.3 Å². The molecule has 0 aliphatic rings. The predicted octanol–water partition coefficient (Wildman–Crippen LogP) is 6.29. The molecule has 1 heterocycles. The van der Waals surface area contributed by atoms with Crippen LogP contribution in [0.1, 0.15) is 17.0 Å². The molecular weight excluding hydrogens is 464 g/mol. The number of para-hydroxylation sites is 2. The van der Waals surface area contributed by atoms with Gasteiger partial charge in [-0.1, -0.05) is 47.5 Å². The first-order valence-corrected chi connectivity index (χ1v) is 10.4. The first-order valence-electron chi connectivity index (χ1n) is 9.60. The average Bonchev–Trinajstić information content (AvgIpc) is 3.15. The van der Waals surface area contributed by atoms with Crippen molar-refractivity contribution in [3.8, 4) is 11.4 Å². The number of aromatic hydroxyl groups is 1. The van der Waals surface area contributed by atoms with Gasteiger partial charge in [0.1, 0.15) is 11.4 Å². The maximum Gasteiger partial charge on any atom is 0.414 e. The Morgan fingerprint density at radius 3 is 2.44 bits per heavy atom. The van der Waals surface area contributed by atoms with Crippen molar-refractivity contribution in [1.82, 2.24) is 9.78 Å². The summed E-state index contributed by atoms with van der Waals surface area (Å²) < 4.78 is 41.8. The number of aromatic nitrogens is 2. The molecule has 0 aliphatic carbocycles. The van der Waals surface area contributed by atoms with E-state index in [2.05, 4.69) is 5.10 Å². The predicted molar refractivity (Wildman–Crippen MR) is 118 cm³/mol. The number of rotatable bonds is 5. The molecule has 0 saturated carbocycles. The summed E-state index contributed by atoms with van der Waals surface area (Å²) in [7, 11) is 0. The summed E-state index contributed by atoms with van der Waals surface area (Å²) in [5.41, 5.74) is 1.88. The van der Waals surface area contributed by atoms with Gasteiger partial charge in [0, 0.05) is 21.3 Å². The fraction of sp³-hybridized carbons (Fsp3) is 0.174. The molecule has 4 nitrogen and oxygen atoms in total. The number of halogens is 5. The van der Waals surface area contributed by atoms with Crippen molar-refractivity contribution in [3.05, 3.63) is 88.0 Å². The minimum atomic E-state index is -4.83. The van der Waals surface area contributed by atoms with Crippen LogP contribution in [-0.2, 0) is 6.42 Å². The highest BCUT2D eigenvalue weighted by Crippen LogP contribution is 2.38. The molecule has 2 unspecified atom stereocenters. The van der Waals surface area contributed by atoms with E-state index < -0.39 is 18.2 Å². The summed E-state index contributed by atoms with van der Waals surface area (Å²) in [4.78, 5) is 0. The number of phenolic OH excluding ortho intramolecular Hbond substituents is 1. The van der Waals surface area contributed by atoms with E-state index in [1.807, 2.05) is 0 Å². The molecule has 2 atom stereocenters. The smallest absolute Gasteiger partial charge is 0.414 e. The van der Waals surface area contributed by atoms with Gasteiger partial charge in [-0.25, -0.2) is 4.68 Å². The Hall–Kier alpha value is -2.74. The van der Waals surface area contributed by atoms with Gasteiger partial charge < -0.3 is 10.2 Å². The summed E-state index contributed by atoms with van der Waals surface area (Å²) in [5.74, 6) is -1.28. The number of benzene rings is 3. The van der Waals surface area contributed by atoms with E-state index >= 15 is 0 Å².